The van der Waals surface area contributed by atoms with Gasteiger partial charge in [0.2, 0.25) is 5.91 Å². The number of pyridine rings is 1. The molecule has 0 aromatic carbocycles. The van der Waals surface area contributed by atoms with Crippen molar-refractivity contribution in [2.24, 2.45) is 0 Å². The van der Waals surface area contributed by atoms with Gasteiger partial charge in [0.1, 0.15) is 16.3 Å². The molecule has 0 radical (unpaired) electrons. The van der Waals surface area contributed by atoms with Crippen molar-refractivity contribution in [2.45, 2.75) is 13.0 Å². The summed E-state index contributed by atoms with van der Waals surface area (Å²) >= 11 is 11.3. The van der Waals surface area contributed by atoms with Gasteiger partial charge in [-0.15, -0.1) is 0 Å². The van der Waals surface area contributed by atoms with Gasteiger partial charge in [-0.2, -0.15) is 0 Å². The summed E-state index contributed by atoms with van der Waals surface area (Å²) < 4.78 is 0. The van der Waals surface area contributed by atoms with E-state index in [9.17, 15) is 9.59 Å². The number of aromatic nitrogens is 1. The second-order valence-electron chi connectivity index (χ2n) is 3.31. The summed E-state index contributed by atoms with van der Waals surface area (Å²) in [6, 6.07) is 2.11. The van der Waals surface area contributed by atoms with E-state index in [1.165, 1.54) is 19.2 Å². The van der Waals surface area contributed by atoms with Gasteiger partial charge in [-0.1, -0.05) is 23.2 Å². The van der Waals surface area contributed by atoms with Gasteiger partial charge in [0, 0.05) is 12.6 Å². The number of amides is 2. The van der Waals surface area contributed by atoms with Crippen LogP contribution in [0.4, 0.5) is 0 Å². The Morgan fingerprint density at radius 1 is 1.29 bits per heavy atom. The van der Waals surface area contributed by atoms with Gasteiger partial charge < -0.3 is 10.6 Å². The number of rotatable bonds is 3. The average Bonchev–Trinajstić information content (AvgIpc) is 2.26. The molecular weight excluding hydrogens is 265 g/mol. The number of halogens is 2. The van der Waals surface area contributed by atoms with Crippen molar-refractivity contribution in [3.8, 4) is 0 Å². The van der Waals surface area contributed by atoms with E-state index in [1.807, 2.05) is 0 Å². The third-order valence-electron chi connectivity index (χ3n) is 2.01. The lowest BCUT2D eigenvalue weighted by Gasteiger charge is -2.12. The molecule has 7 heteroatoms. The SMILES string of the molecule is CNC(=O)C(C)NC(=O)c1cc(Cl)nc(Cl)c1. The smallest absolute Gasteiger partial charge is 0.252 e. The first-order chi connectivity index (χ1) is 7.93. The first-order valence-corrected chi connectivity index (χ1v) is 5.55. The van der Waals surface area contributed by atoms with E-state index in [0.29, 0.717) is 0 Å². The number of hydrogen-bond donors (Lipinski definition) is 2. The molecule has 1 unspecified atom stereocenters. The molecule has 0 saturated heterocycles. The second kappa shape index (κ2) is 5.84. The van der Waals surface area contributed by atoms with Gasteiger partial charge >= 0.3 is 0 Å². The van der Waals surface area contributed by atoms with Gasteiger partial charge in [0.25, 0.3) is 5.91 Å². The summed E-state index contributed by atoms with van der Waals surface area (Å²) in [6.45, 7) is 1.57. The molecule has 1 atom stereocenters. The quantitative estimate of drug-likeness (QED) is 0.816. The van der Waals surface area contributed by atoms with Crippen LogP contribution in [0.5, 0.6) is 0 Å². The number of hydrogen-bond acceptors (Lipinski definition) is 3. The topological polar surface area (TPSA) is 71.1 Å². The Morgan fingerprint density at radius 3 is 2.29 bits per heavy atom. The number of nitrogens with one attached hydrogen (secondary N) is 2. The highest BCUT2D eigenvalue weighted by Crippen LogP contribution is 2.14. The second-order valence-corrected chi connectivity index (χ2v) is 4.09. The van der Waals surface area contributed by atoms with Gasteiger partial charge in [-0.05, 0) is 19.1 Å². The molecule has 1 aromatic rings. The molecule has 92 valence electrons. The summed E-state index contributed by atoms with van der Waals surface area (Å²) in [4.78, 5) is 26.7. The zero-order valence-corrected chi connectivity index (χ0v) is 10.8. The fourth-order valence-corrected chi connectivity index (χ4v) is 1.62. The molecular formula is C10H11Cl2N3O2. The van der Waals surface area contributed by atoms with Crippen LogP contribution in [0.15, 0.2) is 12.1 Å². The molecule has 5 nitrogen and oxygen atoms in total. The monoisotopic (exact) mass is 275 g/mol. The largest absolute Gasteiger partial charge is 0.357 e. The molecule has 2 N–H and O–H groups in total. The first kappa shape index (κ1) is 13.7. The van der Waals surface area contributed by atoms with E-state index in [4.69, 9.17) is 23.2 Å². The van der Waals surface area contributed by atoms with Crippen LogP contribution in [0, 0.1) is 0 Å². The maximum Gasteiger partial charge on any atom is 0.252 e. The predicted molar refractivity (Wildman–Crippen MR) is 65.3 cm³/mol. The number of carbonyl (C=O) groups is 2. The van der Waals surface area contributed by atoms with E-state index in [2.05, 4.69) is 15.6 Å². The summed E-state index contributed by atoms with van der Waals surface area (Å²) in [6.07, 6.45) is 0. The summed E-state index contributed by atoms with van der Waals surface area (Å²) in [5.41, 5.74) is 0.255. The van der Waals surface area contributed by atoms with E-state index >= 15 is 0 Å². The molecule has 0 aliphatic rings. The van der Waals surface area contributed by atoms with Gasteiger partial charge in [-0.25, -0.2) is 4.98 Å². The van der Waals surface area contributed by atoms with Crippen molar-refractivity contribution in [3.63, 3.8) is 0 Å². The van der Waals surface area contributed by atoms with Crippen molar-refractivity contribution in [1.82, 2.24) is 15.6 Å². The normalized spacial score (nSPS) is 11.8. The van der Waals surface area contributed by atoms with Crippen molar-refractivity contribution < 1.29 is 9.59 Å². The summed E-state index contributed by atoms with van der Waals surface area (Å²) in [5, 5.41) is 5.17. The molecule has 0 fully saturated rings. The maximum atomic E-state index is 11.7. The fraction of sp³-hybridized carbons (Fsp3) is 0.300. The van der Waals surface area contributed by atoms with Crippen molar-refractivity contribution >= 4 is 35.0 Å². The zero-order chi connectivity index (χ0) is 13.0. The molecule has 0 saturated carbocycles. The molecule has 1 aromatic heterocycles. The van der Waals surface area contributed by atoms with Crippen LogP contribution in [-0.4, -0.2) is 29.9 Å². The van der Waals surface area contributed by atoms with Crippen LogP contribution in [0.3, 0.4) is 0 Å². The standard InChI is InChI=1S/C10H11Cl2N3O2/c1-5(9(16)13-2)14-10(17)6-3-7(11)15-8(12)4-6/h3-5H,1-2H3,(H,13,16)(H,14,17). The fourth-order valence-electron chi connectivity index (χ4n) is 1.16. The molecule has 0 aliphatic heterocycles. The van der Waals surface area contributed by atoms with Crippen molar-refractivity contribution in [1.29, 1.82) is 0 Å². The first-order valence-electron chi connectivity index (χ1n) is 4.79. The highest BCUT2D eigenvalue weighted by molar-refractivity contribution is 6.33. The molecule has 1 heterocycles. The van der Waals surface area contributed by atoms with Crippen LogP contribution in [-0.2, 0) is 4.79 Å². The van der Waals surface area contributed by atoms with Crippen LogP contribution in [0.25, 0.3) is 0 Å². The van der Waals surface area contributed by atoms with Crippen LogP contribution in [0.1, 0.15) is 17.3 Å². The van der Waals surface area contributed by atoms with Gasteiger partial charge in [0.05, 0.1) is 0 Å². The van der Waals surface area contributed by atoms with Gasteiger partial charge in [-0.3, -0.25) is 9.59 Å². The third-order valence-corrected chi connectivity index (χ3v) is 2.40. The van der Waals surface area contributed by atoms with Crippen LogP contribution < -0.4 is 10.6 Å². The Bertz CT molecular complexity index is 431. The Balaban J connectivity index is 2.79. The predicted octanol–water partition coefficient (Wildman–Crippen LogP) is 1.25. The molecule has 17 heavy (non-hydrogen) atoms. The van der Waals surface area contributed by atoms with E-state index in [0.717, 1.165) is 0 Å². The Kier molecular flexibility index (Phi) is 4.72. The lowest BCUT2D eigenvalue weighted by Crippen LogP contribution is -2.43. The highest BCUT2D eigenvalue weighted by atomic mass is 35.5. The van der Waals surface area contributed by atoms with E-state index < -0.39 is 11.9 Å². The minimum atomic E-state index is -0.641. The summed E-state index contributed by atoms with van der Waals surface area (Å²) in [5.74, 6) is -0.725. The minimum absolute atomic E-state index is 0.121. The molecule has 2 amide bonds. The van der Waals surface area contributed by atoms with E-state index in [1.54, 1.807) is 6.92 Å². The number of carbonyl (C=O) groups excluding carboxylic acids is 2. The lowest BCUT2D eigenvalue weighted by molar-refractivity contribution is -0.122. The van der Waals surface area contributed by atoms with Crippen molar-refractivity contribution in [2.75, 3.05) is 7.05 Å². The van der Waals surface area contributed by atoms with E-state index in [-0.39, 0.29) is 21.8 Å². The zero-order valence-electron chi connectivity index (χ0n) is 9.25. The molecule has 0 bridgehead atoms. The summed E-state index contributed by atoms with van der Waals surface area (Å²) in [7, 11) is 1.49. The average molecular weight is 276 g/mol. The van der Waals surface area contributed by atoms with Crippen LogP contribution >= 0.6 is 23.2 Å². The van der Waals surface area contributed by atoms with Gasteiger partial charge in [0.15, 0.2) is 0 Å². The third kappa shape index (κ3) is 3.87. The number of nitrogens with zero attached hydrogens (tertiary/aromatic N) is 1. The molecule has 0 spiro atoms. The Labute approximate surface area is 109 Å². The maximum absolute atomic E-state index is 11.7. The van der Waals surface area contributed by atoms with Crippen molar-refractivity contribution in [3.05, 3.63) is 28.0 Å². The number of likely N-dealkylation sites (N-methyl/N-ethyl adjacent to an activating group) is 1. The Morgan fingerprint density at radius 2 is 1.82 bits per heavy atom. The molecule has 0 aliphatic carbocycles. The van der Waals surface area contributed by atoms with Crippen LogP contribution in [0.2, 0.25) is 10.3 Å². The molecule has 1 rings (SSSR count). The highest BCUT2D eigenvalue weighted by Gasteiger charge is 2.16. The Hall–Kier alpha value is -1.33. The lowest BCUT2D eigenvalue weighted by atomic mass is 10.2. The minimum Gasteiger partial charge on any atom is -0.357 e.